The number of hydrogen-bond donors (Lipinski definition) is 2. The molecule has 1 heterocycles. The van der Waals surface area contributed by atoms with Gasteiger partial charge in [-0.1, -0.05) is 0 Å². The van der Waals surface area contributed by atoms with Gasteiger partial charge in [-0.25, -0.2) is 0 Å². The van der Waals surface area contributed by atoms with Crippen molar-refractivity contribution < 1.29 is 14.6 Å². The predicted octanol–water partition coefficient (Wildman–Crippen LogP) is 1.34. The molecule has 2 atom stereocenters. The molecule has 0 spiro atoms. The van der Waals surface area contributed by atoms with Gasteiger partial charge in [-0.15, -0.1) is 0 Å². The molecular weight excluding hydrogens is 256 g/mol. The number of nitrogens with one attached hydrogen (secondary N) is 1. The van der Waals surface area contributed by atoms with Gasteiger partial charge in [0.15, 0.2) is 0 Å². The highest BCUT2D eigenvalue weighted by Crippen LogP contribution is 2.17. The molecule has 2 N–H and O–H groups in total. The lowest BCUT2D eigenvalue weighted by Gasteiger charge is -2.37. The Bertz CT molecular complexity index is 447. The molecule has 0 bridgehead atoms. The zero-order chi connectivity index (χ0) is 14.5. The average Bonchev–Trinajstić information content (AvgIpc) is 2.48. The summed E-state index contributed by atoms with van der Waals surface area (Å²) in [6.07, 6.45) is -0.281. The number of ether oxygens (including phenoxy) is 1. The van der Waals surface area contributed by atoms with Crippen molar-refractivity contribution in [2.24, 2.45) is 0 Å². The van der Waals surface area contributed by atoms with E-state index < -0.39 is 0 Å². The average molecular weight is 278 g/mol. The van der Waals surface area contributed by atoms with Gasteiger partial charge < -0.3 is 20.1 Å². The zero-order valence-corrected chi connectivity index (χ0v) is 12.0. The molecule has 5 heteroatoms. The molecule has 2 rings (SSSR count). The van der Waals surface area contributed by atoms with Gasteiger partial charge in [0.1, 0.15) is 0 Å². The van der Waals surface area contributed by atoms with Gasteiger partial charge in [0.25, 0.3) is 5.91 Å². The minimum Gasteiger partial charge on any atom is -0.394 e. The Morgan fingerprint density at radius 3 is 2.75 bits per heavy atom. The Morgan fingerprint density at radius 1 is 1.45 bits per heavy atom. The van der Waals surface area contributed by atoms with Crippen molar-refractivity contribution >= 4 is 11.6 Å². The summed E-state index contributed by atoms with van der Waals surface area (Å²) in [6, 6.07) is 7.50. The number of rotatable bonds is 4. The molecule has 110 valence electrons. The topological polar surface area (TPSA) is 61.8 Å². The maximum Gasteiger partial charge on any atom is 0.254 e. The number of morpholine rings is 1. The van der Waals surface area contributed by atoms with Gasteiger partial charge in [0.2, 0.25) is 0 Å². The molecule has 0 aromatic heterocycles. The van der Waals surface area contributed by atoms with Crippen molar-refractivity contribution in [3.05, 3.63) is 29.8 Å². The van der Waals surface area contributed by atoms with Crippen LogP contribution in [0.5, 0.6) is 0 Å². The number of anilines is 1. The Morgan fingerprint density at radius 2 is 2.15 bits per heavy atom. The Hall–Kier alpha value is -1.59. The number of aliphatic hydroxyl groups excluding tert-OH is 1. The molecule has 0 aliphatic carbocycles. The molecule has 20 heavy (non-hydrogen) atoms. The lowest BCUT2D eigenvalue weighted by molar-refractivity contribution is -0.0667. The highest BCUT2D eigenvalue weighted by molar-refractivity contribution is 5.94. The third kappa shape index (κ3) is 3.29. The summed E-state index contributed by atoms with van der Waals surface area (Å²) in [7, 11) is 0. The van der Waals surface area contributed by atoms with Crippen LogP contribution in [0.15, 0.2) is 24.3 Å². The van der Waals surface area contributed by atoms with Crippen LogP contribution in [0.4, 0.5) is 5.69 Å². The smallest absolute Gasteiger partial charge is 0.254 e. The van der Waals surface area contributed by atoms with Crippen LogP contribution in [0, 0.1) is 0 Å². The largest absolute Gasteiger partial charge is 0.394 e. The van der Waals surface area contributed by atoms with Crippen LogP contribution in [0.2, 0.25) is 0 Å². The second-order valence-electron chi connectivity index (χ2n) is 5.05. The van der Waals surface area contributed by atoms with Crippen molar-refractivity contribution in [1.29, 1.82) is 0 Å². The van der Waals surface area contributed by atoms with E-state index in [-0.39, 0.29) is 24.7 Å². The van der Waals surface area contributed by atoms with E-state index in [1.165, 1.54) is 0 Å². The molecule has 1 aliphatic rings. The normalized spacial score (nSPS) is 22.6. The summed E-state index contributed by atoms with van der Waals surface area (Å²) in [6.45, 7) is 5.68. The number of aliphatic hydroxyl groups is 1. The Balaban J connectivity index is 2.08. The molecule has 1 amide bonds. The first-order valence-corrected chi connectivity index (χ1v) is 7.03. The van der Waals surface area contributed by atoms with E-state index >= 15 is 0 Å². The van der Waals surface area contributed by atoms with Crippen LogP contribution >= 0.6 is 0 Å². The summed E-state index contributed by atoms with van der Waals surface area (Å²) in [5.41, 5.74) is 1.67. The summed E-state index contributed by atoms with van der Waals surface area (Å²) in [5, 5.41) is 12.4. The van der Waals surface area contributed by atoms with Gasteiger partial charge >= 0.3 is 0 Å². The van der Waals surface area contributed by atoms with Crippen LogP contribution in [0.1, 0.15) is 24.2 Å². The molecule has 1 aromatic carbocycles. The van der Waals surface area contributed by atoms with Gasteiger partial charge in [0, 0.05) is 24.3 Å². The van der Waals surface area contributed by atoms with Crippen molar-refractivity contribution in [3.63, 3.8) is 0 Å². The minimum absolute atomic E-state index is 0.0118. The SMILES string of the molecule is CCNc1ccc(C(=O)N2CC(CO)OCC2C)cc1. The number of hydrogen-bond acceptors (Lipinski definition) is 4. The molecule has 2 unspecified atom stereocenters. The number of amides is 1. The predicted molar refractivity (Wildman–Crippen MR) is 77.9 cm³/mol. The maximum absolute atomic E-state index is 12.5. The van der Waals surface area contributed by atoms with E-state index in [0.29, 0.717) is 18.7 Å². The first-order chi connectivity index (χ1) is 9.65. The van der Waals surface area contributed by atoms with Gasteiger partial charge in [-0.05, 0) is 38.1 Å². The first-order valence-electron chi connectivity index (χ1n) is 7.03. The first kappa shape index (κ1) is 14.8. The highest BCUT2D eigenvalue weighted by atomic mass is 16.5. The van der Waals surface area contributed by atoms with Crippen LogP contribution in [-0.4, -0.2) is 54.4 Å². The van der Waals surface area contributed by atoms with Crippen molar-refractivity contribution in [1.82, 2.24) is 4.90 Å². The van der Waals surface area contributed by atoms with Gasteiger partial charge in [-0.3, -0.25) is 4.79 Å². The number of carbonyl (C=O) groups is 1. The summed E-state index contributed by atoms with van der Waals surface area (Å²) >= 11 is 0. The van der Waals surface area contributed by atoms with Crippen molar-refractivity contribution in [3.8, 4) is 0 Å². The van der Waals surface area contributed by atoms with Gasteiger partial charge in [-0.2, -0.15) is 0 Å². The third-order valence-corrected chi connectivity index (χ3v) is 3.48. The maximum atomic E-state index is 12.5. The van der Waals surface area contributed by atoms with E-state index in [4.69, 9.17) is 4.74 Å². The third-order valence-electron chi connectivity index (χ3n) is 3.48. The molecule has 5 nitrogen and oxygen atoms in total. The van der Waals surface area contributed by atoms with E-state index in [2.05, 4.69) is 5.32 Å². The molecule has 1 saturated heterocycles. The van der Waals surface area contributed by atoms with Crippen LogP contribution in [-0.2, 0) is 4.74 Å². The quantitative estimate of drug-likeness (QED) is 0.872. The molecular formula is C15H22N2O3. The molecule has 0 radical (unpaired) electrons. The minimum atomic E-state index is -0.281. The lowest BCUT2D eigenvalue weighted by Crippen LogP contribution is -2.52. The Kier molecular flexibility index (Phi) is 4.98. The van der Waals surface area contributed by atoms with Crippen LogP contribution in [0.25, 0.3) is 0 Å². The summed E-state index contributed by atoms with van der Waals surface area (Å²) < 4.78 is 5.45. The molecule has 1 aliphatic heterocycles. The van der Waals surface area contributed by atoms with Crippen LogP contribution < -0.4 is 5.32 Å². The fourth-order valence-electron chi connectivity index (χ4n) is 2.31. The van der Waals surface area contributed by atoms with Crippen molar-refractivity contribution in [2.45, 2.75) is 26.0 Å². The van der Waals surface area contributed by atoms with E-state index in [1.54, 1.807) is 4.90 Å². The number of benzene rings is 1. The summed E-state index contributed by atoms with van der Waals surface area (Å²) in [5.74, 6) is -0.0118. The molecule has 1 fully saturated rings. The molecule has 0 saturated carbocycles. The monoisotopic (exact) mass is 278 g/mol. The van der Waals surface area contributed by atoms with E-state index in [0.717, 1.165) is 12.2 Å². The van der Waals surface area contributed by atoms with Crippen LogP contribution in [0.3, 0.4) is 0 Å². The second-order valence-corrected chi connectivity index (χ2v) is 5.05. The van der Waals surface area contributed by atoms with E-state index in [1.807, 2.05) is 38.1 Å². The summed E-state index contributed by atoms with van der Waals surface area (Å²) in [4.78, 5) is 14.3. The highest BCUT2D eigenvalue weighted by Gasteiger charge is 2.29. The van der Waals surface area contributed by atoms with E-state index in [9.17, 15) is 9.90 Å². The fraction of sp³-hybridized carbons (Fsp3) is 0.533. The standard InChI is InChI=1S/C15H22N2O3/c1-3-16-13-6-4-12(5-7-13)15(19)17-8-14(9-18)20-10-11(17)2/h4-7,11,14,16,18H,3,8-10H2,1-2H3. The lowest BCUT2D eigenvalue weighted by atomic mass is 10.1. The Labute approximate surface area is 119 Å². The zero-order valence-electron chi connectivity index (χ0n) is 12.0. The molecule has 1 aromatic rings. The number of nitrogens with zero attached hydrogens (tertiary/aromatic N) is 1. The second kappa shape index (κ2) is 6.72. The number of carbonyl (C=O) groups excluding carboxylic acids is 1. The van der Waals surface area contributed by atoms with Gasteiger partial charge in [0.05, 0.1) is 25.4 Å². The van der Waals surface area contributed by atoms with Crippen molar-refractivity contribution in [2.75, 3.05) is 31.6 Å². The fourth-order valence-corrected chi connectivity index (χ4v) is 2.31.